The van der Waals surface area contributed by atoms with E-state index < -0.39 is 0 Å². The number of nitrogens with one attached hydrogen (secondary N) is 1. The molecule has 0 aliphatic carbocycles. The summed E-state index contributed by atoms with van der Waals surface area (Å²) in [6.45, 7) is 1.27. The van der Waals surface area contributed by atoms with Gasteiger partial charge in [0.2, 0.25) is 5.91 Å². The summed E-state index contributed by atoms with van der Waals surface area (Å²) in [6, 6.07) is 10.3. The van der Waals surface area contributed by atoms with Gasteiger partial charge in [-0.25, -0.2) is 0 Å². The normalized spacial score (nSPS) is 21.1. The number of aliphatic hydroxyl groups excluding tert-OH is 2. The lowest BCUT2D eigenvalue weighted by molar-refractivity contribution is -0.135. The zero-order chi connectivity index (χ0) is 16.5. The van der Waals surface area contributed by atoms with Crippen molar-refractivity contribution in [3.05, 3.63) is 35.9 Å². The summed E-state index contributed by atoms with van der Waals surface area (Å²) in [5.74, 6) is 0.535. The van der Waals surface area contributed by atoms with Crippen molar-refractivity contribution >= 4 is 5.91 Å². The van der Waals surface area contributed by atoms with E-state index in [1.807, 2.05) is 6.07 Å². The molecule has 1 amide bonds. The number of hydrogen-bond acceptors (Lipinski definition) is 4. The summed E-state index contributed by atoms with van der Waals surface area (Å²) in [7, 11) is 0. The molecule has 2 atom stereocenters. The lowest BCUT2D eigenvalue weighted by Gasteiger charge is -2.33. The van der Waals surface area contributed by atoms with Crippen LogP contribution in [0.15, 0.2) is 30.3 Å². The second-order valence-electron chi connectivity index (χ2n) is 6.19. The summed E-state index contributed by atoms with van der Waals surface area (Å²) >= 11 is 0. The van der Waals surface area contributed by atoms with Crippen LogP contribution in [0.5, 0.6) is 0 Å². The highest BCUT2D eigenvalue weighted by atomic mass is 16.3. The second kappa shape index (κ2) is 9.65. The highest BCUT2D eigenvalue weighted by Gasteiger charge is 2.29. The zero-order valence-electron chi connectivity index (χ0n) is 13.7. The lowest BCUT2D eigenvalue weighted by Crippen LogP contribution is -2.51. The van der Waals surface area contributed by atoms with Gasteiger partial charge in [-0.15, -0.1) is 0 Å². The molecule has 1 aromatic rings. The molecule has 1 saturated heterocycles. The summed E-state index contributed by atoms with van der Waals surface area (Å²) in [5.41, 5.74) is 1.34. The summed E-state index contributed by atoms with van der Waals surface area (Å²) in [4.78, 5) is 14.1. The largest absolute Gasteiger partial charge is 0.395 e. The number of rotatable bonds is 8. The fourth-order valence-corrected chi connectivity index (χ4v) is 3.26. The van der Waals surface area contributed by atoms with Crippen LogP contribution in [0.25, 0.3) is 0 Å². The number of carbonyl (C=O) groups is 1. The minimum Gasteiger partial charge on any atom is -0.395 e. The molecule has 0 aromatic heterocycles. The standard InChI is InChI=1S/C18H28N2O3/c21-12-10-20(11-13-22)18(23)17-14-16(8-9-19-17)7-6-15-4-2-1-3-5-15/h1-5,16-17,19,21-22H,6-14H2. The van der Waals surface area contributed by atoms with Gasteiger partial charge in [-0.05, 0) is 43.7 Å². The Morgan fingerprint density at radius 3 is 2.52 bits per heavy atom. The number of nitrogens with zero attached hydrogens (tertiary/aromatic N) is 1. The fraction of sp³-hybridized carbons (Fsp3) is 0.611. The van der Waals surface area contributed by atoms with E-state index in [-0.39, 0.29) is 38.3 Å². The van der Waals surface area contributed by atoms with Gasteiger partial charge in [-0.1, -0.05) is 30.3 Å². The average molecular weight is 320 g/mol. The molecule has 1 aromatic carbocycles. The van der Waals surface area contributed by atoms with Crippen molar-refractivity contribution in [1.82, 2.24) is 10.2 Å². The van der Waals surface area contributed by atoms with Crippen LogP contribution in [0, 0.1) is 5.92 Å². The fourth-order valence-electron chi connectivity index (χ4n) is 3.26. The molecular formula is C18H28N2O3. The first-order valence-electron chi connectivity index (χ1n) is 8.52. The molecule has 5 heteroatoms. The molecule has 0 spiro atoms. The van der Waals surface area contributed by atoms with Crippen molar-refractivity contribution in [3.63, 3.8) is 0 Å². The Morgan fingerprint density at radius 1 is 1.17 bits per heavy atom. The van der Waals surface area contributed by atoms with Crippen LogP contribution in [0.4, 0.5) is 0 Å². The molecule has 0 radical (unpaired) electrons. The summed E-state index contributed by atoms with van der Waals surface area (Å²) in [5, 5.41) is 21.4. The number of piperidine rings is 1. The van der Waals surface area contributed by atoms with E-state index in [2.05, 4.69) is 29.6 Å². The van der Waals surface area contributed by atoms with Crippen molar-refractivity contribution in [3.8, 4) is 0 Å². The Morgan fingerprint density at radius 2 is 1.87 bits per heavy atom. The maximum atomic E-state index is 12.5. The number of hydrogen-bond donors (Lipinski definition) is 3. The molecule has 2 unspecified atom stereocenters. The topological polar surface area (TPSA) is 72.8 Å². The van der Waals surface area contributed by atoms with Crippen LogP contribution in [0.2, 0.25) is 0 Å². The van der Waals surface area contributed by atoms with Crippen molar-refractivity contribution in [2.24, 2.45) is 5.92 Å². The smallest absolute Gasteiger partial charge is 0.239 e. The van der Waals surface area contributed by atoms with E-state index in [0.717, 1.165) is 32.2 Å². The van der Waals surface area contributed by atoms with Crippen LogP contribution < -0.4 is 5.32 Å². The van der Waals surface area contributed by atoms with E-state index in [9.17, 15) is 4.79 Å². The lowest BCUT2D eigenvalue weighted by atomic mass is 9.87. The van der Waals surface area contributed by atoms with Crippen LogP contribution in [-0.2, 0) is 11.2 Å². The van der Waals surface area contributed by atoms with E-state index >= 15 is 0 Å². The first kappa shape index (κ1) is 17.9. The van der Waals surface area contributed by atoms with Crippen LogP contribution in [0.3, 0.4) is 0 Å². The maximum Gasteiger partial charge on any atom is 0.239 e. The highest BCUT2D eigenvalue weighted by molar-refractivity contribution is 5.82. The van der Waals surface area contributed by atoms with Crippen molar-refractivity contribution < 1.29 is 15.0 Å². The SMILES string of the molecule is O=C(C1CC(CCc2ccccc2)CCN1)N(CCO)CCO. The molecule has 0 saturated carbocycles. The number of aryl methyl sites for hydroxylation is 1. The van der Waals surface area contributed by atoms with Gasteiger partial charge in [0, 0.05) is 13.1 Å². The molecule has 1 fully saturated rings. The monoisotopic (exact) mass is 320 g/mol. The Kier molecular flexibility index (Phi) is 7.52. The Bertz CT molecular complexity index is 461. The quantitative estimate of drug-likeness (QED) is 0.662. The van der Waals surface area contributed by atoms with E-state index in [0.29, 0.717) is 5.92 Å². The Hall–Kier alpha value is -1.43. The Balaban J connectivity index is 1.85. The molecule has 1 aliphatic rings. The number of amides is 1. The van der Waals surface area contributed by atoms with E-state index in [1.54, 1.807) is 4.90 Å². The predicted molar refractivity (Wildman–Crippen MR) is 90.0 cm³/mol. The maximum absolute atomic E-state index is 12.5. The van der Waals surface area contributed by atoms with Gasteiger partial charge in [0.1, 0.15) is 0 Å². The Labute approximate surface area is 138 Å². The minimum atomic E-state index is -0.192. The third kappa shape index (κ3) is 5.61. The van der Waals surface area contributed by atoms with Crippen LogP contribution >= 0.6 is 0 Å². The number of aliphatic hydroxyl groups is 2. The van der Waals surface area contributed by atoms with Gasteiger partial charge in [-0.3, -0.25) is 4.79 Å². The van der Waals surface area contributed by atoms with Crippen LogP contribution in [0.1, 0.15) is 24.8 Å². The molecular weight excluding hydrogens is 292 g/mol. The molecule has 0 bridgehead atoms. The van der Waals surface area contributed by atoms with Crippen molar-refractivity contribution in [2.45, 2.75) is 31.7 Å². The third-order valence-electron chi connectivity index (χ3n) is 4.55. The molecule has 23 heavy (non-hydrogen) atoms. The second-order valence-corrected chi connectivity index (χ2v) is 6.19. The van der Waals surface area contributed by atoms with Gasteiger partial charge in [0.05, 0.1) is 19.3 Å². The zero-order valence-corrected chi connectivity index (χ0v) is 13.7. The summed E-state index contributed by atoms with van der Waals surface area (Å²) in [6.07, 6.45) is 4.06. The molecule has 5 nitrogen and oxygen atoms in total. The van der Waals surface area contributed by atoms with Crippen LogP contribution in [-0.4, -0.2) is 59.9 Å². The van der Waals surface area contributed by atoms with Gasteiger partial charge in [0.25, 0.3) is 0 Å². The molecule has 3 N–H and O–H groups in total. The average Bonchev–Trinajstić information content (AvgIpc) is 2.60. The molecule has 2 rings (SSSR count). The molecule has 1 heterocycles. The summed E-state index contributed by atoms with van der Waals surface area (Å²) < 4.78 is 0. The third-order valence-corrected chi connectivity index (χ3v) is 4.55. The highest BCUT2D eigenvalue weighted by Crippen LogP contribution is 2.23. The number of carbonyl (C=O) groups excluding carboxylic acids is 1. The van der Waals surface area contributed by atoms with Crippen molar-refractivity contribution in [1.29, 1.82) is 0 Å². The van der Waals surface area contributed by atoms with Gasteiger partial charge < -0.3 is 20.4 Å². The molecule has 1 aliphatic heterocycles. The molecule has 128 valence electrons. The first-order chi connectivity index (χ1) is 11.2. The van der Waals surface area contributed by atoms with E-state index in [4.69, 9.17) is 10.2 Å². The number of benzene rings is 1. The first-order valence-corrected chi connectivity index (χ1v) is 8.52. The van der Waals surface area contributed by atoms with Crippen molar-refractivity contribution in [2.75, 3.05) is 32.8 Å². The van der Waals surface area contributed by atoms with Gasteiger partial charge in [-0.2, -0.15) is 0 Å². The minimum absolute atomic E-state index is 0.00230. The van der Waals surface area contributed by atoms with Gasteiger partial charge in [0.15, 0.2) is 0 Å². The van der Waals surface area contributed by atoms with Gasteiger partial charge >= 0.3 is 0 Å². The van der Waals surface area contributed by atoms with E-state index in [1.165, 1.54) is 5.56 Å². The predicted octanol–water partition coefficient (Wildman–Crippen LogP) is 0.801.